The Balaban J connectivity index is 1.70. The van der Waals surface area contributed by atoms with Gasteiger partial charge >= 0.3 is 0 Å². The summed E-state index contributed by atoms with van der Waals surface area (Å²) in [6.07, 6.45) is 11.8. The van der Waals surface area contributed by atoms with Gasteiger partial charge < -0.3 is 5.32 Å². The maximum absolute atomic E-state index is 3.55. The van der Waals surface area contributed by atoms with Crippen molar-refractivity contribution in [3.8, 4) is 0 Å². The van der Waals surface area contributed by atoms with Gasteiger partial charge in [-0.25, -0.2) is 0 Å². The van der Waals surface area contributed by atoms with Gasteiger partial charge in [0.1, 0.15) is 0 Å². The van der Waals surface area contributed by atoms with Gasteiger partial charge in [0.2, 0.25) is 0 Å². The van der Waals surface area contributed by atoms with Crippen molar-refractivity contribution in [1.29, 1.82) is 0 Å². The van der Waals surface area contributed by atoms with Gasteiger partial charge in [0.05, 0.1) is 0 Å². The molecule has 0 radical (unpaired) electrons. The molecule has 1 nitrogen and oxygen atoms in total. The first-order valence-corrected chi connectivity index (χ1v) is 7.31. The van der Waals surface area contributed by atoms with Crippen LogP contribution in [-0.4, -0.2) is 6.54 Å². The van der Waals surface area contributed by atoms with E-state index in [1.165, 1.54) is 37.7 Å². The lowest BCUT2D eigenvalue weighted by Gasteiger charge is -2.18. The predicted octanol–water partition coefficient (Wildman–Crippen LogP) is 4.47. The third kappa shape index (κ3) is 4.30. The highest BCUT2D eigenvalue weighted by Gasteiger charge is 2.09. The Morgan fingerprint density at radius 3 is 2.61 bits per heavy atom. The first kappa shape index (κ1) is 13.4. The highest BCUT2D eigenvalue weighted by atomic mass is 14.9. The van der Waals surface area contributed by atoms with Crippen LogP contribution in [0.1, 0.15) is 50.6 Å². The molecule has 1 saturated carbocycles. The van der Waals surface area contributed by atoms with Crippen molar-refractivity contribution < 1.29 is 0 Å². The molecule has 0 aromatic heterocycles. The van der Waals surface area contributed by atoms with Gasteiger partial charge in [-0.2, -0.15) is 0 Å². The molecule has 1 N–H and O–H groups in total. The fourth-order valence-corrected chi connectivity index (χ4v) is 2.69. The molecular weight excluding hydrogens is 218 g/mol. The van der Waals surface area contributed by atoms with Gasteiger partial charge in [0.15, 0.2) is 0 Å². The number of hydrogen-bond acceptors (Lipinski definition) is 1. The van der Waals surface area contributed by atoms with Crippen LogP contribution in [0.3, 0.4) is 0 Å². The van der Waals surface area contributed by atoms with Crippen molar-refractivity contribution in [3.05, 3.63) is 48.0 Å². The molecule has 0 saturated heterocycles. The second-order valence-electron chi connectivity index (χ2n) is 5.37. The van der Waals surface area contributed by atoms with Crippen LogP contribution < -0.4 is 5.32 Å². The molecule has 0 bridgehead atoms. The number of rotatable bonds is 5. The van der Waals surface area contributed by atoms with Crippen LogP contribution in [0, 0.1) is 5.92 Å². The summed E-state index contributed by atoms with van der Waals surface area (Å²) in [4.78, 5) is 0. The molecule has 0 spiro atoms. The minimum absolute atomic E-state index is 0.433. The van der Waals surface area contributed by atoms with Crippen LogP contribution in [-0.2, 0) is 0 Å². The molecule has 1 aromatic rings. The highest BCUT2D eigenvalue weighted by Crippen LogP contribution is 2.24. The minimum atomic E-state index is 0.433. The third-order valence-corrected chi connectivity index (χ3v) is 3.90. The number of nitrogens with one attached hydrogen (secondary N) is 1. The van der Waals surface area contributed by atoms with Crippen LogP contribution in [0.25, 0.3) is 0 Å². The molecule has 1 aliphatic carbocycles. The zero-order chi connectivity index (χ0) is 12.6. The van der Waals surface area contributed by atoms with E-state index in [9.17, 15) is 0 Å². The van der Waals surface area contributed by atoms with Crippen LogP contribution in [0.15, 0.2) is 42.5 Å². The molecule has 98 valence electrons. The largest absolute Gasteiger partial charge is 0.307 e. The SMILES string of the molecule is C[C@@H](NC/C=C/C1CCCCC1)c1ccccc1. The monoisotopic (exact) mass is 243 g/mol. The number of allylic oxidation sites excluding steroid dienone is 1. The normalized spacial score (nSPS) is 19.2. The standard InChI is InChI=1S/C17H25N/c1-15(17-12-6-3-7-13-17)18-14-8-11-16-9-4-2-5-10-16/h3,6-8,11-13,15-16,18H,2,4-5,9-10,14H2,1H3/b11-8+/t15-/m1/s1. The number of benzene rings is 1. The Morgan fingerprint density at radius 1 is 1.17 bits per heavy atom. The van der Waals surface area contributed by atoms with Crippen LogP contribution in [0.2, 0.25) is 0 Å². The molecule has 18 heavy (non-hydrogen) atoms. The molecule has 0 unspecified atom stereocenters. The molecule has 0 aliphatic heterocycles. The lowest BCUT2D eigenvalue weighted by atomic mass is 9.89. The van der Waals surface area contributed by atoms with Gasteiger partial charge in [-0.3, -0.25) is 0 Å². The smallest absolute Gasteiger partial charge is 0.0294 e. The van der Waals surface area contributed by atoms with Gasteiger partial charge in [-0.15, -0.1) is 0 Å². The highest BCUT2D eigenvalue weighted by molar-refractivity contribution is 5.18. The van der Waals surface area contributed by atoms with Crippen LogP contribution in [0.5, 0.6) is 0 Å². The molecule has 0 heterocycles. The summed E-state index contributed by atoms with van der Waals surface area (Å²) >= 11 is 0. The predicted molar refractivity (Wildman–Crippen MR) is 78.6 cm³/mol. The van der Waals surface area contributed by atoms with E-state index in [-0.39, 0.29) is 0 Å². The quantitative estimate of drug-likeness (QED) is 0.752. The van der Waals surface area contributed by atoms with Gasteiger partial charge in [0.25, 0.3) is 0 Å². The lowest BCUT2D eigenvalue weighted by molar-refractivity contribution is 0.418. The summed E-state index contributed by atoms with van der Waals surface area (Å²) in [5.41, 5.74) is 1.36. The number of hydrogen-bond donors (Lipinski definition) is 1. The zero-order valence-corrected chi connectivity index (χ0v) is 11.4. The summed E-state index contributed by atoms with van der Waals surface area (Å²) in [7, 11) is 0. The first-order chi connectivity index (χ1) is 8.86. The third-order valence-electron chi connectivity index (χ3n) is 3.90. The van der Waals surface area contributed by atoms with Crippen molar-refractivity contribution in [1.82, 2.24) is 5.32 Å². The van der Waals surface area contributed by atoms with E-state index in [4.69, 9.17) is 0 Å². The van der Waals surface area contributed by atoms with E-state index in [1.807, 2.05) is 0 Å². The molecule has 1 aliphatic rings. The summed E-state index contributed by atoms with van der Waals surface area (Å²) in [6.45, 7) is 3.20. The lowest BCUT2D eigenvalue weighted by Crippen LogP contribution is -2.18. The Bertz CT molecular complexity index is 349. The molecular formula is C17H25N. The average molecular weight is 243 g/mol. The van der Waals surface area contributed by atoms with E-state index in [1.54, 1.807) is 0 Å². The van der Waals surface area contributed by atoms with E-state index < -0.39 is 0 Å². The molecule has 2 rings (SSSR count). The average Bonchev–Trinajstić information content (AvgIpc) is 2.45. The zero-order valence-electron chi connectivity index (χ0n) is 11.4. The Morgan fingerprint density at radius 2 is 1.89 bits per heavy atom. The van der Waals surface area contributed by atoms with Crippen LogP contribution >= 0.6 is 0 Å². The summed E-state index contributed by atoms with van der Waals surface area (Å²) in [5, 5.41) is 3.55. The van der Waals surface area contributed by atoms with E-state index in [2.05, 4.69) is 54.7 Å². The second kappa shape index (κ2) is 7.38. The summed E-state index contributed by atoms with van der Waals surface area (Å²) in [5.74, 6) is 0.840. The minimum Gasteiger partial charge on any atom is -0.307 e. The molecule has 1 aromatic carbocycles. The van der Waals surface area contributed by atoms with E-state index in [0.29, 0.717) is 6.04 Å². The fraction of sp³-hybridized carbons (Fsp3) is 0.529. The van der Waals surface area contributed by atoms with E-state index in [0.717, 1.165) is 12.5 Å². The maximum atomic E-state index is 3.55. The summed E-state index contributed by atoms with van der Waals surface area (Å²) in [6, 6.07) is 11.1. The van der Waals surface area contributed by atoms with Crippen molar-refractivity contribution in [3.63, 3.8) is 0 Å². The molecule has 1 fully saturated rings. The van der Waals surface area contributed by atoms with Crippen molar-refractivity contribution in [2.45, 2.75) is 45.1 Å². The molecule has 1 atom stereocenters. The van der Waals surface area contributed by atoms with Gasteiger partial charge in [-0.1, -0.05) is 61.7 Å². The molecule has 0 amide bonds. The van der Waals surface area contributed by atoms with E-state index >= 15 is 0 Å². The van der Waals surface area contributed by atoms with Gasteiger partial charge in [0, 0.05) is 12.6 Å². The van der Waals surface area contributed by atoms with Gasteiger partial charge in [-0.05, 0) is 31.2 Å². The maximum Gasteiger partial charge on any atom is 0.0294 e. The van der Waals surface area contributed by atoms with Crippen LogP contribution in [0.4, 0.5) is 0 Å². The second-order valence-corrected chi connectivity index (χ2v) is 5.37. The Kier molecular flexibility index (Phi) is 5.47. The van der Waals surface area contributed by atoms with Crippen molar-refractivity contribution >= 4 is 0 Å². The first-order valence-electron chi connectivity index (χ1n) is 7.31. The molecule has 1 heteroatoms. The Labute approximate surface area is 111 Å². The van der Waals surface area contributed by atoms with Crippen molar-refractivity contribution in [2.24, 2.45) is 5.92 Å². The topological polar surface area (TPSA) is 12.0 Å². The fourth-order valence-electron chi connectivity index (χ4n) is 2.69. The summed E-state index contributed by atoms with van der Waals surface area (Å²) < 4.78 is 0. The Hall–Kier alpha value is -1.08. The van der Waals surface area contributed by atoms with Crippen molar-refractivity contribution in [2.75, 3.05) is 6.54 Å².